The molecule has 0 N–H and O–H groups in total. The van der Waals surface area contributed by atoms with Gasteiger partial charge in [0, 0.05) is 28.8 Å². The van der Waals surface area contributed by atoms with Crippen molar-refractivity contribution < 1.29 is 14.2 Å². The van der Waals surface area contributed by atoms with Gasteiger partial charge < -0.3 is 18.8 Å². The highest BCUT2D eigenvalue weighted by Crippen LogP contribution is 2.49. The molecule has 1 aromatic heterocycles. The van der Waals surface area contributed by atoms with E-state index in [0.717, 1.165) is 77.9 Å². The van der Waals surface area contributed by atoms with Crippen molar-refractivity contribution in [3.63, 3.8) is 0 Å². The number of hydrogen-bond donors (Lipinski definition) is 0. The zero-order chi connectivity index (χ0) is 23.2. The molecule has 1 aliphatic carbocycles. The molecule has 6 heteroatoms. The Morgan fingerprint density at radius 1 is 1.15 bits per heavy atom. The van der Waals surface area contributed by atoms with Gasteiger partial charge in [-0.05, 0) is 62.9 Å². The topological polar surface area (TPSA) is 52.9 Å². The molecule has 34 heavy (non-hydrogen) atoms. The zero-order valence-corrected chi connectivity index (χ0v) is 19.6. The molecule has 0 fully saturated rings. The summed E-state index contributed by atoms with van der Waals surface area (Å²) in [6.45, 7) is 1.67. The first-order valence-electron chi connectivity index (χ1n) is 12.0. The van der Waals surface area contributed by atoms with E-state index in [0.29, 0.717) is 12.3 Å². The molecule has 174 valence electrons. The number of likely N-dealkylation sites (N-methyl/N-ethyl adjacent to an activating group) is 1. The van der Waals surface area contributed by atoms with E-state index < -0.39 is 0 Å². The highest BCUT2D eigenvalue weighted by atomic mass is 16.7. The Labute approximate surface area is 199 Å². The largest absolute Gasteiger partial charge is 0.492 e. The van der Waals surface area contributed by atoms with Gasteiger partial charge in [-0.1, -0.05) is 24.0 Å². The molecule has 0 bridgehead atoms. The molecule has 0 radical (unpaired) electrons. The number of pyridine rings is 1. The Bertz CT molecular complexity index is 1410. The third kappa shape index (κ3) is 3.26. The van der Waals surface area contributed by atoms with Crippen molar-refractivity contribution in [2.45, 2.75) is 44.7 Å². The van der Waals surface area contributed by atoms with E-state index in [9.17, 15) is 4.79 Å². The molecule has 0 spiro atoms. The fraction of sp³-hybridized carbons (Fsp3) is 0.393. The summed E-state index contributed by atoms with van der Waals surface area (Å²) < 4.78 is 19.4. The minimum absolute atomic E-state index is 0.102. The van der Waals surface area contributed by atoms with Crippen molar-refractivity contribution in [3.05, 3.63) is 62.9 Å². The summed E-state index contributed by atoms with van der Waals surface area (Å²) in [5.41, 5.74) is 5.56. The van der Waals surface area contributed by atoms with E-state index in [1.54, 1.807) is 7.11 Å². The van der Waals surface area contributed by atoms with Crippen LogP contribution in [0.25, 0.3) is 10.9 Å². The number of methoxy groups -OCH3 is 1. The number of nitrogens with zero attached hydrogens (tertiary/aromatic N) is 2. The van der Waals surface area contributed by atoms with Crippen LogP contribution in [0.5, 0.6) is 17.2 Å². The summed E-state index contributed by atoms with van der Waals surface area (Å²) in [5.74, 6) is 9.14. The summed E-state index contributed by atoms with van der Waals surface area (Å²) in [7, 11) is 3.78. The standard InChI is InChI=1S/C28H28N2O4/c1-29-15-13-18-16-24-27(34-17-33-24)28(32-2)25(18)23(29)12-7-14-30-21-10-5-3-8-19(21)26(31)20-9-4-6-11-22(20)30/h3,5,8,10,16,23H,4,6,9,11,13-15,17H2,1-2H3/t23-/m1/s1. The van der Waals surface area contributed by atoms with E-state index in [1.807, 2.05) is 24.3 Å². The number of aromatic nitrogens is 1. The smallest absolute Gasteiger partial charge is 0.231 e. The third-order valence-corrected chi connectivity index (χ3v) is 7.35. The van der Waals surface area contributed by atoms with Crippen molar-refractivity contribution >= 4 is 10.9 Å². The molecule has 0 amide bonds. The van der Waals surface area contributed by atoms with Crippen LogP contribution >= 0.6 is 0 Å². The minimum Gasteiger partial charge on any atom is -0.492 e. The minimum atomic E-state index is -0.102. The van der Waals surface area contributed by atoms with Crippen molar-refractivity contribution in [1.29, 1.82) is 0 Å². The molecule has 0 unspecified atom stereocenters. The molecule has 0 saturated heterocycles. The number of hydrogen-bond acceptors (Lipinski definition) is 5. The molecule has 2 aromatic carbocycles. The maximum atomic E-state index is 13.1. The van der Waals surface area contributed by atoms with Gasteiger partial charge in [0.15, 0.2) is 16.9 Å². The van der Waals surface area contributed by atoms with Gasteiger partial charge in [0.25, 0.3) is 0 Å². The Morgan fingerprint density at radius 3 is 2.88 bits per heavy atom. The van der Waals surface area contributed by atoms with Gasteiger partial charge in [0.1, 0.15) is 6.04 Å². The molecule has 0 saturated carbocycles. The second kappa shape index (κ2) is 8.41. The second-order valence-electron chi connectivity index (χ2n) is 9.24. The monoisotopic (exact) mass is 456 g/mol. The number of benzene rings is 2. The Morgan fingerprint density at radius 2 is 2.00 bits per heavy atom. The Hall–Kier alpha value is -3.43. The fourth-order valence-electron chi connectivity index (χ4n) is 5.66. The SMILES string of the molecule is COc1c2c(cc3c1[C@@H](C#CCn1c4c(c(=O)c5ccccc51)CCCC4)N(C)CC3)OCO2. The third-order valence-electron chi connectivity index (χ3n) is 7.35. The summed E-state index contributed by atoms with van der Waals surface area (Å²) in [6.07, 6.45) is 4.89. The first kappa shape index (κ1) is 21.1. The maximum Gasteiger partial charge on any atom is 0.231 e. The first-order valence-corrected chi connectivity index (χ1v) is 12.0. The Balaban J connectivity index is 1.43. The number of rotatable bonds is 2. The average molecular weight is 457 g/mol. The summed E-state index contributed by atoms with van der Waals surface area (Å²) in [4.78, 5) is 15.4. The van der Waals surface area contributed by atoms with Crippen LogP contribution in [0, 0.1) is 11.8 Å². The second-order valence-corrected chi connectivity index (χ2v) is 9.24. The quantitative estimate of drug-likeness (QED) is 0.549. The first-order chi connectivity index (χ1) is 16.7. The van der Waals surface area contributed by atoms with E-state index in [4.69, 9.17) is 14.2 Å². The number of ether oxygens (including phenoxy) is 3. The lowest BCUT2D eigenvalue weighted by Crippen LogP contribution is -2.32. The summed E-state index contributed by atoms with van der Waals surface area (Å²) >= 11 is 0. The molecule has 6 nitrogen and oxygen atoms in total. The van der Waals surface area contributed by atoms with Crippen molar-refractivity contribution in [2.24, 2.45) is 0 Å². The highest BCUT2D eigenvalue weighted by molar-refractivity contribution is 5.80. The van der Waals surface area contributed by atoms with Crippen LogP contribution in [-0.4, -0.2) is 37.0 Å². The molecule has 2 aliphatic heterocycles. The lowest BCUT2D eigenvalue weighted by atomic mass is 9.91. The van der Waals surface area contributed by atoms with Gasteiger partial charge in [0.2, 0.25) is 12.5 Å². The molecular weight excluding hydrogens is 428 g/mol. The fourth-order valence-corrected chi connectivity index (χ4v) is 5.66. The van der Waals surface area contributed by atoms with E-state index in [-0.39, 0.29) is 18.3 Å². The van der Waals surface area contributed by atoms with Crippen LogP contribution < -0.4 is 19.6 Å². The van der Waals surface area contributed by atoms with Crippen molar-refractivity contribution in [1.82, 2.24) is 9.47 Å². The molecular formula is C28H28N2O4. The van der Waals surface area contributed by atoms with Crippen LogP contribution in [-0.2, 0) is 25.8 Å². The highest BCUT2D eigenvalue weighted by Gasteiger charge is 2.33. The lowest BCUT2D eigenvalue weighted by Gasteiger charge is -2.32. The number of fused-ring (bicyclic) bond motifs is 4. The predicted molar refractivity (Wildman–Crippen MR) is 131 cm³/mol. The lowest BCUT2D eigenvalue weighted by molar-refractivity contribution is 0.171. The van der Waals surface area contributed by atoms with Gasteiger partial charge in [-0.15, -0.1) is 0 Å². The van der Waals surface area contributed by atoms with Crippen LogP contribution in [0.3, 0.4) is 0 Å². The van der Waals surface area contributed by atoms with Crippen molar-refractivity contribution in [3.8, 4) is 29.1 Å². The molecule has 3 heterocycles. The van der Waals surface area contributed by atoms with Crippen LogP contribution in [0.1, 0.15) is 41.3 Å². The summed E-state index contributed by atoms with van der Waals surface area (Å²) in [5, 5.41) is 0.791. The molecule has 1 atom stereocenters. The maximum absolute atomic E-state index is 13.1. The van der Waals surface area contributed by atoms with Crippen molar-refractivity contribution in [2.75, 3.05) is 27.5 Å². The van der Waals surface area contributed by atoms with E-state index >= 15 is 0 Å². The summed E-state index contributed by atoms with van der Waals surface area (Å²) in [6, 6.07) is 9.90. The van der Waals surface area contributed by atoms with Crippen LogP contribution in [0.2, 0.25) is 0 Å². The predicted octanol–water partition coefficient (Wildman–Crippen LogP) is 3.85. The van der Waals surface area contributed by atoms with Gasteiger partial charge in [-0.3, -0.25) is 9.69 Å². The number of para-hydroxylation sites is 1. The van der Waals surface area contributed by atoms with Gasteiger partial charge in [0.05, 0.1) is 19.2 Å². The zero-order valence-electron chi connectivity index (χ0n) is 19.6. The molecule has 6 rings (SSSR count). The molecule has 3 aliphatic rings. The Kier molecular flexibility index (Phi) is 5.23. The van der Waals surface area contributed by atoms with Crippen LogP contribution in [0.4, 0.5) is 0 Å². The van der Waals surface area contributed by atoms with E-state index in [1.165, 1.54) is 5.56 Å². The van der Waals surface area contributed by atoms with Crippen LogP contribution in [0.15, 0.2) is 35.1 Å². The average Bonchev–Trinajstić information content (AvgIpc) is 3.34. The normalized spacial score (nSPS) is 18.7. The van der Waals surface area contributed by atoms with Gasteiger partial charge >= 0.3 is 0 Å². The van der Waals surface area contributed by atoms with E-state index in [2.05, 4.69) is 34.4 Å². The van der Waals surface area contributed by atoms with Gasteiger partial charge in [-0.2, -0.15) is 0 Å². The molecule has 3 aromatic rings. The van der Waals surface area contributed by atoms with Gasteiger partial charge in [-0.25, -0.2) is 0 Å².